The largest absolute Gasteiger partial charge is 0.481 e. The van der Waals surface area contributed by atoms with E-state index < -0.39 is 23.2 Å². The van der Waals surface area contributed by atoms with Gasteiger partial charge in [-0.15, -0.1) is 0 Å². The van der Waals surface area contributed by atoms with Crippen LogP contribution < -0.4 is 0 Å². The molecule has 1 fully saturated rings. The van der Waals surface area contributed by atoms with Gasteiger partial charge in [0.15, 0.2) is 0 Å². The van der Waals surface area contributed by atoms with Gasteiger partial charge in [-0.1, -0.05) is 25.3 Å². The Labute approximate surface area is 109 Å². The fraction of sp³-hybridized carbons (Fsp3) is 0.429. The first-order valence-corrected chi connectivity index (χ1v) is 6.24. The van der Waals surface area contributed by atoms with Crippen LogP contribution in [0, 0.1) is 5.82 Å². The second-order valence-corrected chi connectivity index (χ2v) is 4.94. The number of hydrogen-bond donors (Lipinski definition) is 2. The van der Waals surface area contributed by atoms with Crippen LogP contribution >= 0.6 is 0 Å². The van der Waals surface area contributed by atoms with Gasteiger partial charge in [-0.2, -0.15) is 0 Å². The van der Waals surface area contributed by atoms with E-state index >= 15 is 0 Å². The minimum absolute atomic E-state index is 0.216. The molecule has 1 aromatic carbocycles. The molecule has 1 aliphatic rings. The van der Waals surface area contributed by atoms with E-state index in [1.807, 2.05) is 0 Å². The molecule has 1 saturated carbocycles. The Kier molecular flexibility index (Phi) is 3.55. The fourth-order valence-corrected chi connectivity index (χ4v) is 2.86. The van der Waals surface area contributed by atoms with Gasteiger partial charge in [0.1, 0.15) is 5.82 Å². The Balaban J connectivity index is 2.59. The van der Waals surface area contributed by atoms with Crippen molar-refractivity contribution < 1.29 is 24.2 Å². The van der Waals surface area contributed by atoms with E-state index in [1.54, 1.807) is 0 Å². The molecule has 1 aromatic rings. The third-order valence-corrected chi connectivity index (χ3v) is 3.84. The van der Waals surface area contributed by atoms with Gasteiger partial charge in [0.05, 0.1) is 11.0 Å². The van der Waals surface area contributed by atoms with Gasteiger partial charge in [0.25, 0.3) is 0 Å². The zero-order valence-corrected chi connectivity index (χ0v) is 10.4. The molecule has 0 saturated heterocycles. The highest BCUT2D eigenvalue weighted by atomic mass is 19.1. The summed E-state index contributed by atoms with van der Waals surface area (Å²) in [7, 11) is 0. The van der Waals surface area contributed by atoms with Gasteiger partial charge in [-0.05, 0) is 30.5 Å². The zero-order chi connectivity index (χ0) is 14.0. The van der Waals surface area contributed by atoms with Crippen LogP contribution in [0.4, 0.5) is 4.39 Å². The number of carboxylic acid groups (broad SMARTS) is 2. The molecule has 0 radical (unpaired) electrons. The number of aromatic carboxylic acids is 1. The number of hydrogen-bond acceptors (Lipinski definition) is 2. The molecule has 2 N–H and O–H groups in total. The number of carbonyl (C=O) groups is 2. The number of carboxylic acids is 2. The van der Waals surface area contributed by atoms with Crippen LogP contribution in [0.3, 0.4) is 0 Å². The lowest BCUT2D eigenvalue weighted by Gasteiger charge is -2.34. The maximum atomic E-state index is 13.2. The van der Waals surface area contributed by atoms with Crippen LogP contribution in [0.15, 0.2) is 18.2 Å². The highest BCUT2D eigenvalue weighted by Gasteiger charge is 2.43. The van der Waals surface area contributed by atoms with Crippen LogP contribution in [0.25, 0.3) is 0 Å². The van der Waals surface area contributed by atoms with Crippen molar-refractivity contribution in [2.24, 2.45) is 0 Å². The van der Waals surface area contributed by atoms with Gasteiger partial charge >= 0.3 is 11.9 Å². The van der Waals surface area contributed by atoms with Gasteiger partial charge < -0.3 is 10.2 Å². The molecular weight excluding hydrogens is 251 g/mol. The summed E-state index contributed by atoms with van der Waals surface area (Å²) in [6.45, 7) is 0. The molecule has 0 aromatic heterocycles. The van der Waals surface area contributed by atoms with Crippen molar-refractivity contribution in [1.82, 2.24) is 0 Å². The summed E-state index contributed by atoms with van der Waals surface area (Å²) in [5.41, 5.74) is -1.22. The Morgan fingerprint density at radius 2 is 1.74 bits per heavy atom. The van der Waals surface area contributed by atoms with Crippen LogP contribution in [-0.4, -0.2) is 22.2 Å². The van der Waals surface area contributed by atoms with Gasteiger partial charge in [-0.3, -0.25) is 4.79 Å². The lowest BCUT2D eigenvalue weighted by molar-refractivity contribution is -0.145. The number of rotatable bonds is 3. The summed E-state index contributed by atoms with van der Waals surface area (Å²) in [4.78, 5) is 22.9. The standard InChI is InChI=1S/C14H15FO4/c15-9-4-5-11(10(8-9)12(16)17)14(13(18)19)6-2-1-3-7-14/h4-5,8H,1-3,6-7H2,(H,16,17)(H,18,19). The fourth-order valence-electron chi connectivity index (χ4n) is 2.86. The molecule has 19 heavy (non-hydrogen) atoms. The predicted octanol–water partition coefficient (Wildman–Crippen LogP) is 2.81. The topological polar surface area (TPSA) is 74.6 Å². The van der Waals surface area contributed by atoms with E-state index in [1.165, 1.54) is 6.07 Å². The minimum atomic E-state index is -1.29. The van der Waals surface area contributed by atoms with E-state index in [9.17, 15) is 19.1 Å². The van der Waals surface area contributed by atoms with Crippen LogP contribution in [0.1, 0.15) is 48.0 Å². The summed E-state index contributed by atoms with van der Waals surface area (Å²) in [6.07, 6.45) is 3.21. The predicted molar refractivity (Wildman–Crippen MR) is 65.8 cm³/mol. The summed E-state index contributed by atoms with van der Waals surface area (Å²) in [5.74, 6) is -2.99. The summed E-state index contributed by atoms with van der Waals surface area (Å²) in [5, 5.41) is 18.7. The van der Waals surface area contributed by atoms with Gasteiger partial charge in [0.2, 0.25) is 0 Å². The van der Waals surface area contributed by atoms with Crippen molar-refractivity contribution in [3.05, 3.63) is 35.1 Å². The first kappa shape index (κ1) is 13.5. The summed E-state index contributed by atoms with van der Waals surface area (Å²) >= 11 is 0. The van der Waals surface area contributed by atoms with E-state index in [0.717, 1.165) is 31.4 Å². The molecule has 102 valence electrons. The van der Waals surface area contributed by atoms with Crippen molar-refractivity contribution in [1.29, 1.82) is 0 Å². The Bertz CT molecular complexity index is 518. The molecule has 0 heterocycles. The molecule has 0 spiro atoms. The molecule has 2 rings (SSSR count). The minimum Gasteiger partial charge on any atom is -0.481 e. The van der Waals surface area contributed by atoms with E-state index in [0.29, 0.717) is 12.8 Å². The highest BCUT2D eigenvalue weighted by Crippen LogP contribution is 2.41. The molecule has 0 atom stereocenters. The van der Waals surface area contributed by atoms with Crippen LogP contribution in [0.5, 0.6) is 0 Å². The third kappa shape index (κ3) is 2.32. The molecule has 0 aliphatic heterocycles. The maximum absolute atomic E-state index is 13.2. The van der Waals surface area contributed by atoms with Crippen molar-refractivity contribution in [2.45, 2.75) is 37.5 Å². The lowest BCUT2D eigenvalue weighted by atomic mass is 9.68. The first-order valence-electron chi connectivity index (χ1n) is 6.24. The first-order chi connectivity index (χ1) is 8.97. The van der Waals surface area contributed by atoms with Gasteiger partial charge in [0, 0.05) is 0 Å². The van der Waals surface area contributed by atoms with Crippen molar-refractivity contribution in [3.8, 4) is 0 Å². The van der Waals surface area contributed by atoms with E-state index in [2.05, 4.69) is 0 Å². The smallest absolute Gasteiger partial charge is 0.336 e. The Hall–Kier alpha value is -1.91. The zero-order valence-electron chi connectivity index (χ0n) is 10.4. The molecule has 0 amide bonds. The second-order valence-electron chi connectivity index (χ2n) is 4.94. The van der Waals surface area contributed by atoms with Gasteiger partial charge in [-0.25, -0.2) is 9.18 Å². The summed E-state index contributed by atoms with van der Waals surface area (Å²) < 4.78 is 13.2. The molecule has 4 nitrogen and oxygen atoms in total. The third-order valence-electron chi connectivity index (χ3n) is 3.84. The number of benzene rings is 1. The molecule has 0 unspecified atom stereocenters. The average Bonchev–Trinajstić information content (AvgIpc) is 2.39. The second kappa shape index (κ2) is 4.99. The molecule has 5 heteroatoms. The van der Waals surface area contributed by atoms with Crippen LogP contribution in [0.2, 0.25) is 0 Å². The number of aliphatic carboxylic acids is 1. The molecular formula is C14H15FO4. The highest BCUT2D eigenvalue weighted by molar-refractivity contribution is 5.93. The maximum Gasteiger partial charge on any atom is 0.336 e. The van der Waals surface area contributed by atoms with Crippen molar-refractivity contribution in [2.75, 3.05) is 0 Å². The van der Waals surface area contributed by atoms with Crippen molar-refractivity contribution in [3.63, 3.8) is 0 Å². The molecule has 0 bridgehead atoms. The lowest BCUT2D eigenvalue weighted by Crippen LogP contribution is -2.39. The van der Waals surface area contributed by atoms with E-state index in [4.69, 9.17) is 5.11 Å². The SMILES string of the molecule is O=C(O)c1cc(F)ccc1C1(C(=O)O)CCCCC1. The number of halogens is 1. The Morgan fingerprint density at radius 3 is 2.26 bits per heavy atom. The summed E-state index contributed by atoms with van der Waals surface area (Å²) in [6, 6.07) is 3.33. The quantitative estimate of drug-likeness (QED) is 0.882. The van der Waals surface area contributed by atoms with Crippen molar-refractivity contribution >= 4 is 11.9 Å². The van der Waals surface area contributed by atoms with Crippen LogP contribution in [-0.2, 0) is 10.2 Å². The monoisotopic (exact) mass is 266 g/mol. The van der Waals surface area contributed by atoms with E-state index in [-0.39, 0.29) is 11.1 Å². The Morgan fingerprint density at radius 1 is 1.11 bits per heavy atom. The molecule has 1 aliphatic carbocycles. The normalized spacial score (nSPS) is 17.9. The average molecular weight is 266 g/mol.